The van der Waals surface area contributed by atoms with Gasteiger partial charge >= 0.3 is 0 Å². The molecule has 0 aliphatic carbocycles. The lowest BCUT2D eigenvalue weighted by Crippen LogP contribution is -2.36. The van der Waals surface area contributed by atoms with Crippen LogP contribution in [0.3, 0.4) is 0 Å². The Hall–Kier alpha value is -1.61. The van der Waals surface area contributed by atoms with Crippen LogP contribution in [0.4, 0.5) is 11.5 Å². The van der Waals surface area contributed by atoms with Crippen molar-refractivity contribution in [2.24, 2.45) is 0 Å². The number of hydrogen-bond acceptors (Lipinski definition) is 5. The summed E-state index contributed by atoms with van der Waals surface area (Å²) in [7, 11) is 0. The molecular weight excluding hydrogens is 393 g/mol. The molecule has 0 bridgehead atoms. The average Bonchev–Trinajstić information content (AvgIpc) is 2.84. The van der Waals surface area contributed by atoms with Gasteiger partial charge < -0.3 is 4.98 Å². The normalized spacial score (nSPS) is 13.9. The number of nitrogens with zero attached hydrogens (tertiary/aromatic N) is 2. The number of aromatic nitrogens is 2. The quantitative estimate of drug-likeness (QED) is 0.663. The van der Waals surface area contributed by atoms with Gasteiger partial charge in [-0.2, -0.15) is 0 Å². The van der Waals surface area contributed by atoms with Gasteiger partial charge in [-0.1, -0.05) is 39.0 Å². The number of halogens is 1. The number of rotatable bonds is 2. The Labute approximate surface area is 142 Å². The average molecular weight is 411 g/mol. The van der Waals surface area contributed by atoms with E-state index in [0.717, 1.165) is 0 Å². The minimum absolute atomic E-state index is 0.160. The third-order valence-corrected chi connectivity index (χ3v) is 4.52. The van der Waals surface area contributed by atoms with Crippen molar-refractivity contribution >= 4 is 34.1 Å². The summed E-state index contributed by atoms with van der Waals surface area (Å²) in [4.78, 5) is 19.7. The van der Waals surface area contributed by atoms with Crippen LogP contribution in [0.5, 0.6) is 0 Å². The number of H-pyrrole nitrogens is 1. The highest BCUT2D eigenvalue weighted by atomic mass is 127. The summed E-state index contributed by atoms with van der Waals surface area (Å²) in [5.74, 6) is 1.31. The minimum atomic E-state index is -0.219. The molecule has 0 amide bonds. The van der Waals surface area contributed by atoms with Crippen LogP contribution in [0.2, 0.25) is 0 Å². The van der Waals surface area contributed by atoms with Crippen molar-refractivity contribution in [1.82, 2.24) is 15.5 Å². The number of aromatic amines is 1. The maximum Gasteiger partial charge on any atom is 0.277 e. The molecule has 116 valence electrons. The summed E-state index contributed by atoms with van der Waals surface area (Å²) in [5, 5.41) is 1.86. The number of anilines is 2. The highest BCUT2D eigenvalue weighted by Gasteiger charge is 2.27. The van der Waals surface area contributed by atoms with E-state index in [1.807, 2.05) is 37.9 Å². The highest BCUT2D eigenvalue weighted by molar-refractivity contribution is 14.1. The fourth-order valence-corrected chi connectivity index (χ4v) is 2.77. The lowest BCUT2D eigenvalue weighted by molar-refractivity contribution is 0.542. The lowest BCUT2D eigenvalue weighted by atomic mass is 9.96. The molecule has 2 aromatic rings. The zero-order valence-electron chi connectivity index (χ0n) is 12.7. The second-order valence-corrected chi connectivity index (χ2v) is 7.44. The van der Waals surface area contributed by atoms with E-state index in [1.165, 1.54) is 9.13 Å². The minimum Gasteiger partial charge on any atom is -0.308 e. The summed E-state index contributed by atoms with van der Waals surface area (Å²) in [6.45, 7) is 6.70. The molecule has 3 rings (SSSR count). The summed E-state index contributed by atoms with van der Waals surface area (Å²) in [5.41, 5.74) is 7.17. The van der Waals surface area contributed by atoms with Crippen LogP contribution in [-0.4, -0.2) is 9.97 Å². The first kappa shape index (κ1) is 15.3. The van der Waals surface area contributed by atoms with Gasteiger partial charge in [0.25, 0.3) is 5.56 Å². The predicted molar refractivity (Wildman–Crippen MR) is 95.7 cm³/mol. The molecule has 22 heavy (non-hydrogen) atoms. The summed E-state index contributed by atoms with van der Waals surface area (Å²) >= 11 is 2.31. The Morgan fingerprint density at radius 1 is 1.27 bits per heavy atom. The standard InChI is InChI=1S/C15H18IN5O/c1-15(2,3)14-17-12-11(13(22)18-14)19-20-21(12)8-9-6-4-5-7-10(9)16/h4-7,19-20H,8H2,1-3H3,(H,17,18,22). The summed E-state index contributed by atoms with van der Waals surface area (Å²) in [6.07, 6.45) is 0. The predicted octanol–water partition coefficient (Wildman–Crippen LogP) is 2.52. The number of nitrogens with one attached hydrogen (secondary N) is 3. The summed E-state index contributed by atoms with van der Waals surface area (Å²) in [6, 6.07) is 8.15. The molecule has 3 N–H and O–H groups in total. The molecule has 1 aliphatic rings. The van der Waals surface area contributed by atoms with Crippen LogP contribution in [0.1, 0.15) is 32.2 Å². The van der Waals surface area contributed by atoms with Crippen molar-refractivity contribution in [3.63, 3.8) is 0 Å². The topological polar surface area (TPSA) is 73.0 Å². The molecule has 0 spiro atoms. The van der Waals surface area contributed by atoms with Gasteiger partial charge in [0.05, 0.1) is 6.54 Å². The molecular formula is C15H18IN5O. The van der Waals surface area contributed by atoms with Gasteiger partial charge in [0.1, 0.15) is 5.82 Å². The first-order valence-electron chi connectivity index (χ1n) is 7.03. The third kappa shape index (κ3) is 2.82. The van der Waals surface area contributed by atoms with Crippen LogP contribution in [0.15, 0.2) is 29.1 Å². The third-order valence-electron chi connectivity index (χ3n) is 3.47. The van der Waals surface area contributed by atoms with E-state index in [2.05, 4.69) is 55.7 Å². The maximum absolute atomic E-state index is 12.2. The molecule has 1 aromatic heterocycles. The van der Waals surface area contributed by atoms with Crippen molar-refractivity contribution in [3.8, 4) is 0 Å². The first-order chi connectivity index (χ1) is 10.4. The second kappa shape index (κ2) is 5.54. The Morgan fingerprint density at radius 2 is 2.00 bits per heavy atom. The van der Waals surface area contributed by atoms with Crippen LogP contribution >= 0.6 is 22.6 Å². The van der Waals surface area contributed by atoms with Crippen molar-refractivity contribution in [3.05, 3.63) is 49.6 Å². The van der Waals surface area contributed by atoms with Crippen molar-refractivity contribution in [1.29, 1.82) is 0 Å². The molecule has 6 nitrogen and oxygen atoms in total. The molecule has 0 unspecified atom stereocenters. The molecule has 1 aliphatic heterocycles. The van der Waals surface area contributed by atoms with E-state index in [9.17, 15) is 4.79 Å². The van der Waals surface area contributed by atoms with E-state index in [0.29, 0.717) is 23.9 Å². The van der Waals surface area contributed by atoms with Gasteiger partial charge in [-0.15, -0.1) is 5.53 Å². The fraction of sp³-hybridized carbons (Fsp3) is 0.333. The zero-order chi connectivity index (χ0) is 15.9. The number of fused-ring (bicyclic) bond motifs is 1. The Balaban J connectivity index is 1.99. The monoisotopic (exact) mass is 411 g/mol. The van der Waals surface area contributed by atoms with E-state index in [-0.39, 0.29) is 11.0 Å². The largest absolute Gasteiger partial charge is 0.308 e. The van der Waals surface area contributed by atoms with Crippen molar-refractivity contribution < 1.29 is 0 Å². The molecule has 0 atom stereocenters. The zero-order valence-corrected chi connectivity index (χ0v) is 14.9. The van der Waals surface area contributed by atoms with Crippen molar-refractivity contribution in [2.75, 3.05) is 10.4 Å². The van der Waals surface area contributed by atoms with E-state index < -0.39 is 0 Å². The molecule has 7 heteroatoms. The van der Waals surface area contributed by atoms with Gasteiger partial charge in [0.15, 0.2) is 11.5 Å². The van der Waals surface area contributed by atoms with Gasteiger partial charge in [0, 0.05) is 8.99 Å². The van der Waals surface area contributed by atoms with E-state index in [1.54, 1.807) is 0 Å². The Morgan fingerprint density at radius 3 is 2.68 bits per heavy atom. The molecule has 0 radical (unpaired) electrons. The molecule has 0 fully saturated rings. The second-order valence-electron chi connectivity index (χ2n) is 6.28. The first-order valence-corrected chi connectivity index (χ1v) is 8.11. The van der Waals surface area contributed by atoms with Gasteiger partial charge in [0.2, 0.25) is 0 Å². The molecule has 0 saturated heterocycles. The van der Waals surface area contributed by atoms with Crippen LogP contribution in [0.25, 0.3) is 0 Å². The number of benzene rings is 1. The number of hydrazine groups is 2. The SMILES string of the molecule is CC(C)(C)c1nc2c(c(=O)[nH]1)NNN2Cc1ccccc1I. The van der Waals surface area contributed by atoms with Gasteiger partial charge in [-0.05, 0) is 34.2 Å². The molecule has 0 saturated carbocycles. The van der Waals surface area contributed by atoms with Crippen LogP contribution in [-0.2, 0) is 12.0 Å². The van der Waals surface area contributed by atoms with Gasteiger partial charge in [-0.3, -0.25) is 15.2 Å². The summed E-state index contributed by atoms with van der Waals surface area (Å²) < 4.78 is 1.18. The molecule has 2 heterocycles. The van der Waals surface area contributed by atoms with Crippen LogP contribution < -0.4 is 21.5 Å². The van der Waals surface area contributed by atoms with Crippen LogP contribution in [0, 0.1) is 3.57 Å². The Bertz CT molecular complexity index is 765. The Kier molecular flexibility index (Phi) is 3.85. The molecule has 1 aromatic carbocycles. The highest BCUT2D eigenvalue weighted by Crippen LogP contribution is 2.28. The van der Waals surface area contributed by atoms with E-state index in [4.69, 9.17) is 0 Å². The lowest BCUT2D eigenvalue weighted by Gasteiger charge is -2.21. The smallest absolute Gasteiger partial charge is 0.277 e. The van der Waals surface area contributed by atoms with E-state index >= 15 is 0 Å². The number of hydrogen-bond donors (Lipinski definition) is 3. The van der Waals surface area contributed by atoms with Crippen molar-refractivity contribution in [2.45, 2.75) is 32.7 Å². The van der Waals surface area contributed by atoms with Gasteiger partial charge in [-0.25, -0.2) is 4.98 Å². The fourth-order valence-electron chi connectivity index (χ4n) is 2.21. The maximum atomic E-state index is 12.2.